The third kappa shape index (κ3) is 3.37. The molecule has 0 saturated carbocycles. The minimum absolute atomic E-state index is 0.0676. The van der Waals surface area contributed by atoms with Gasteiger partial charge in [0.1, 0.15) is 22.6 Å². The van der Waals surface area contributed by atoms with Gasteiger partial charge in [0, 0.05) is 10.9 Å². The predicted octanol–water partition coefficient (Wildman–Crippen LogP) is 2.70. The minimum Gasteiger partial charge on any atom is -0.311 e. The number of aromatic amines is 1. The zero-order valence-corrected chi connectivity index (χ0v) is 14.8. The number of aryl methyl sites for hydroxylation is 1. The van der Waals surface area contributed by atoms with E-state index in [1.807, 2.05) is 6.26 Å². The molecule has 3 rings (SSSR count). The van der Waals surface area contributed by atoms with Crippen molar-refractivity contribution in [2.45, 2.75) is 31.4 Å². The lowest BCUT2D eigenvalue weighted by atomic mass is 9.96. The van der Waals surface area contributed by atoms with E-state index in [0.717, 1.165) is 31.2 Å². The highest BCUT2D eigenvalue weighted by atomic mass is 32.2. The molecule has 0 atom stereocenters. The molecule has 0 aromatic carbocycles. The van der Waals surface area contributed by atoms with Gasteiger partial charge in [0.25, 0.3) is 11.5 Å². The topological polar surface area (TPSA) is 98.6 Å². The van der Waals surface area contributed by atoms with Crippen molar-refractivity contribution in [3.05, 3.63) is 43.9 Å². The number of hydrogen-bond acceptors (Lipinski definition) is 6. The van der Waals surface area contributed by atoms with E-state index in [2.05, 4.69) is 21.4 Å². The molecule has 1 aliphatic rings. The monoisotopic (exact) mass is 360 g/mol. The largest absolute Gasteiger partial charge is 0.311 e. The van der Waals surface area contributed by atoms with Gasteiger partial charge in [-0.15, -0.1) is 11.3 Å². The number of nitriles is 1. The van der Waals surface area contributed by atoms with Gasteiger partial charge in [0.2, 0.25) is 0 Å². The van der Waals surface area contributed by atoms with Crippen molar-refractivity contribution >= 4 is 34.0 Å². The fourth-order valence-corrected chi connectivity index (χ4v) is 4.41. The van der Waals surface area contributed by atoms with Crippen LogP contribution in [-0.4, -0.2) is 22.1 Å². The zero-order chi connectivity index (χ0) is 17.1. The molecule has 0 spiro atoms. The molecule has 1 amide bonds. The molecule has 6 nitrogen and oxygen atoms in total. The summed E-state index contributed by atoms with van der Waals surface area (Å²) in [4.78, 5) is 32.1. The average Bonchev–Trinajstić information content (AvgIpc) is 2.91. The van der Waals surface area contributed by atoms with E-state index in [1.165, 1.54) is 34.0 Å². The number of rotatable bonds is 4. The second kappa shape index (κ2) is 7.20. The Kier molecular flexibility index (Phi) is 5.02. The van der Waals surface area contributed by atoms with Crippen LogP contribution in [0.3, 0.4) is 0 Å². The number of aromatic nitrogens is 2. The van der Waals surface area contributed by atoms with Crippen LogP contribution in [0.25, 0.3) is 0 Å². The van der Waals surface area contributed by atoms with Crippen LogP contribution in [0.1, 0.15) is 45.2 Å². The Hall–Kier alpha value is -2.11. The van der Waals surface area contributed by atoms with Crippen LogP contribution in [0, 0.1) is 11.3 Å². The van der Waals surface area contributed by atoms with Gasteiger partial charge in [-0.05, 0) is 37.5 Å². The summed E-state index contributed by atoms with van der Waals surface area (Å²) >= 11 is 2.96. The number of nitrogens with zero attached hydrogens (tertiary/aromatic N) is 2. The molecule has 124 valence electrons. The van der Waals surface area contributed by atoms with E-state index in [-0.39, 0.29) is 11.3 Å². The molecule has 1 aliphatic carbocycles. The van der Waals surface area contributed by atoms with Crippen LogP contribution >= 0.6 is 23.1 Å². The van der Waals surface area contributed by atoms with Crippen LogP contribution < -0.4 is 10.9 Å². The summed E-state index contributed by atoms with van der Waals surface area (Å²) in [6.07, 6.45) is 5.90. The molecular weight excluding hydrogens is 344 g/mol. The van der Waals surface area contributed by atoms with Gasteiger partial charge < -0.3 is 10.3 Å². The van der Waals surface area contributed by atoms with Crippen molar-refractivity contribution in [2.24, 2.45) is 0 Å². The number of thiophene rings is 1. The number of amides is 1. The van der Waals surface area contributed by atoms with E-state index in [0.29, 0.717) is 22.1 Å². The van der Waals surface area contributed by atoms with Crippen molar-refractivity contribution in [1.29, 1.82) is 5.26 Å². The zero-order valence-electron chi connectivity index (χ0n) is 13.1. The number of fused-ring (bicyclic) bond motifs is 1. The highest BCUT2D eigenvalue weighted by molar-refractivity contribution is 7.97. The minimum atomic E-state index is -0.460. The summed E-state index contributed by atoms with van der Waals surface area (Å²) < 4.78 is 0. The van der Waals surface area contributed by atoms with Crippen LogP contribution in [0.4, 0.5) is 5.00 Å². The maximum atomic E-state index is 12.5. The molecule has 2 N–H and O–H groups in total. The molecule has 0 radical (unpaired) electrons. The highest BCUT2D eigenvalue weighted by Crippen LogP contribution is 2.37. The maximum absolute atomic E-state index is 12.5. The van der Waals surface area contributed by atoms with Gasteiger partial charge in [-0.25, -0.2) is 4.98 Å². The first kappa shape index (κ1) is 16.7. The molecule has 0 saturated heterocycles. The van der Waals surface area contributed by atoms with Crippen molar-refractivity contribution in [1.82, 2.24) is 9.97 Å². The number of carbonyl (C=O) groups is 1. The summed E-state index contributed by atoms with van der Waals surface area (Å²) in [5.74, 6) is 0.525. The van der Waals surface area contributed by atoms with E-state index >= 15 is 0 Å². The summed E-state index contributed by atoms with van der Waals surface area (Å²) in [5.41, 5.74) is 1.33. The standard InChI is InChI=1S/C16H16N4O2S2/c1-23-8-13-18-11(6-14(21)19-13)15(22)20-16-10(7-17)9-4-2-3-5-12(9)24-16/h6H,2-5,8H2,1H3,(H,20,22)(H,18,19,21). The first-order chi connectivity index (χ1) is 11.6. The van der Waals surface area contributed by atoms with Gasteiger partial charge in [-0.3, -0.25) is 9.59 Å². The van der Waals surface area contributed by atoms with Crippen LogP contribution in [-0.2, 0) is 18.6 Å². The molecule has 8 heteroatoms. The van der Waals surface area contributed by atoms with Crippen LogP contribution in [0.15, 0.2) is 10.9 Å². The van der Waals surface area contributed by atoms with E-state index in [1.54, 1.807) is 0 Å². The summed E-state index contributed by atoms with van der Waals surface area (Å²) in [6.45, 7) is 0. The molecule has 2 heterocycles. The van der Waals surface area contributed by atoms with Crippen molar-refractivity contribution in [2.75, 3.05) is 11.6 Å². The van der Waals surface area contributed by atoms with Gasteiger partial charge in [-0.2, -0.15) is 17.0 Å². The third-order valence-corrected chi connectivity index (χ3v) is 5.58. The number of hydrogen-bond donors (Lipinski definition) is 2. The van der Waals surface area contributed by atoms with Crippen LogP contribution in [0.5, 0.6) is 0 Å². The summed E-state index contributed by atoms with van der Waals surface area (Å²) in [7, 11) is 0. The number of carbonyl (C=O) groups excluding carboxylic acids is 1. The molecule has 2 aromatic heterocycles. The lowest BCUT2D eigenvalue weighted by Gasteiger charge is -2.09. The lowest BCUT2D eigenvalue weighted by Crippen LogP contribution is -2.20. The molecule has 0 bridgehead atoms. The molecular formula is C16H16N4O2S2. The Morgan fingerprint density at radius 1 is 1.50 bits per heavy atom. The molecule has 0 aliphatic heterocycles. The molecule has 2 aromatic rings. The number of nitrogens with one attached hydrogen (secondary N) is 2. The Morgan fingerprint density at radius 2 is 2.29 bits per heavy atom. The van der Waals surface area contributed by atoms with E-state index < -0.39 is 5.91 Å². The average molecular weight is 360 g/mol. The van der Waals surface area contributed by atoms with E-state index in [9.17, 15) is 14.9 Å². The Bertz CT molecular complexity index is 879. The number of thioether (sulfide) groups is 1. The summed E-state index contributed by atoms with van der Waals surface area (Å²) in [6, 6.07) is 3.39. The van der Waals surface area contributed by atoms with Crippen molar-refractivity contribution < 1.29 is 4.79 Å². The fraction of sp³-hybridized carbons (Fsp3) is 0.375. The van der Waals surface area contributed by atoms with Gasteiger partial charge in [0.15, 0.2) is 0 Å². The molecule has 0 fully saturated rings. The van der Waals surface area contributed by atoms with Crippen molar-refractivity contribution in [3.63, 3.8) is 0 Å². The molecule has 0 unspecified atom stereocenters. The SMILES string of the molecule is CSCc1nc(C(=O)Nc2sc3c(c2C#N)CCCC3)cc(=O)[nH]1. The Morgan fingerprint density at radius 3 is 3.04 bits per heavy atom. The quantitative estimate of drug-likeness (QED) is 0.873. The predicted molar refractivity (Wildman–Crippen MR) is 95.7 cm³/mol. The lowest BCUT2D eigenvalue weighted by molar-refractivity contribution is 0.102. The highest BCUT2D eigenvalue weighted by Gasteiger charge is 2.22. The second-order valence-electron chi connectivity index (χ2n) is 5.49. The molecule has 24 heavy (non-hydrogen) atoms. The van der Waals surface area contributed by atoms with Gasteiger partial charge >= 0.3 is 0 Å². The van der Waals surface area contributed by atoms with E-state index in [4.69, 9.17) is 0 Å². The summed E-state index contributed by atoms with van der Waals surface area (Å²) in [5, 5.41) is 12.8. The number of H-pyrrole nitrogens is 1. The normalized spacial score (nSPS) is 13.2. The fourth-order valence-electron chi connectivity index (χ4n) is 2.77. The third-order valence-electron chi connectivity index (χ3n) is 3.81. The van der Waals surface area contributed by atoms with Gasteiger partial charge in [0.05, 0.1) is 11.3 Å². The van der Waals surface area contributed by atoms with Crippen molar-refractivity contribution in [3.8, 4) is 6.07 Å². The number of anilines is 1. The van der Waals surface area contributed by atoms with Crippen LogP contribution in [0.2, 0.25) is 0 Å². The first-order valence-corrected chi connectivity index (χ1v) is 9.78. The second-order valence-corrected chi connectivity index (χ2v) is 7.46. The first-order valence-electron chi connectivity index (χ1n) is 7.57. The smallest absolute Gasteiger partial charge is 0.275 e. The Balaban J connectivity index is 1.89. The maximum Gasteiger partial charge on any atom is 0.275 e. The Labute approximate surface area is 147 Å². The van der Waals surface area contributed by atoms with Gasteiger partial charge in [-0.1, -0.05) is 0 Å².